The van der Waals surface area contributed by atoms with E-state index >= 15 is 0 Å². The molecule has 3 aromatic carbocycles. The van der Waals surface area contributed by atoms with Crippen molar-refractivity contribution < 1.29 is 27.9 Å². The van der Waals surface area contributed by atoms with Crippen LogP contribution in [0.1, 0.15) is 56.7 Å². The smallest absolute Gasteiger partial charge is 0.309 e. The summed E-state index contributed by atoms with van der Waals surface area (Å²) in [5.41, 5.74) is 2.94. The van der Waals surface area contributed by atoms with Crippen LogP contribution in [0.5, 0.6) is 0 Å². The zero-order chi connectivity index (χ0) is 30.6. The second-order valence-corrected chi connectivity index (χ2v) is 14.0. The van der Waals surface area contributed by atoms with Gasteiger partial charge in [0.25, 0.3) is 0 Å². The predicted molar refractivity (Wildman–Crippen MR) is 165 cm³/mol. The van der Waals surface area contributed by atoms with Crippen molar-refractivity contribution in [1.29, 1.82) is 0 Å². The van der Waals surface area contributed by atoms with Crippen LogP contribution in [-0.4, -0.2) is 56.1 Å². The van der Waals surface area contributed by atoms with Gasteiger partial charge in [-0.2, -0.15) is 0 Å². The van der Waals surface area contributed by atoms with Gasteiger partial charge in [0.05, 0.1) is 29.6 Å². The number of carbonyl (C=O) groups excluding carboxylic acids is 1. The highest BCUT2D eigenvalue weighted by atomic mass is 32.2. The number of nitrogens with zero attached hydrogens (tertiary/aromatic N) is 1. The molecule has 1 atom stereocenters. The van der Waals surface area contributed by atoms with E-state index in [2.05, 4.69) is 4.72 Å². The molecule has 0 radical (unpaired) electrons. The molecule has 1 heterocycles. The van der Waals surface area contributed by atoms with Crippen LogP contribution in [0.4, 0.5) is 0 Å². The lowest BCUT2D eigenvalue weighted by molar-refractivity contribution is -0.147. The summed E-state index contributed by atoms with van der Waals surface area (Å²) in [6.07, 6.45) is 2.92. The van der Waals surface area contributed by atoms with Crippen LogP contribution in [0, 0.1) is 11.3 Å². The van der Waals surface area contributed by atoms with E-state index in [1.54, 1.807) is 38.1 Å². The first kappa shape index (κ1) is 30.9. The van der Waals surface area contributed by atoms with Gasteiger partial charge in [-0.15, -0.1) is 0 Å². The number of benzene rings is 3. The number of hydrogen-bond acceptors (Lipinski definition) is 5. The molecule has 1 aliphatic carbocycles. The van der Waals surface area contributed by atoms with Crippen molar-refractivity contribution in [1.82, 2.24) is 9.62 Å². The van der Waals surface area contributed by atoms with Gasteiger partial charge in [-0.1, -0.05) is 66.7 Å². The molecule has 9 heteroatoms. The first-order valence-electron chi connectivity index (χ1n) is 14.9. The maximum Gasteiger partial charge on any atom is 0.309 e. The highest BCUT2D eigenvalue weighted by molar-refractivity contribution is 7.89. The number of ether oxygens (including phenoxy) is 1. The zero-order valence-corrected chi connectivity index (χ0v) is 25.6. The van der Waals surface area contributed by atoms with E-state index in [0.29, 0.717) is 51.9 Å². The van der Waals surface area contributed by atoms with E-state index in [-0.39, 0.29) is 28.8 Å². The number of carboxylic acids is 1. The molecule has 43 heavy (non-hydrogen) atoms. The molecular weight excluding hydrogens is 564 g/mol. The number of amides is 1. The lowest BCUT2D eigenvalue weighted by Crippen LogP contribution is -2.47. The second-order valence-electron chi connectivity index (χ2n) is 12.3. The van der Waals surface area contributed by atoms with Gasteiger partial charge in [0.1, 0.15) is 0 Å². The summed E-state index contributed by atoms with van der Waals surface area (Å²) in [6, 6.07) is 24.1. The lowest BCUT2D eigenvalue weighted by Gasteiger charge is -2.39. The average Bonchev–Trinajstić information content (AvgIpc) is 3.01. The molecule has 0 unspecified atom stereocenters. The van der Waals surface area contributed by atoms with E-state index in [1.165, 1.54) is 0 Å². The van der Waals surface area contributed by atoms with Crippen LogP contribution in [-0.2, 0) is 30.8 Å². The number of morpholine rings is 1. The number of hydrogen-bond donors (Lipinski definition) is 2. The van der Waals surface area contributed by atoms with E-state index in [0.717, 1.165) is 22.3 Å². The quantitative estimate of drug-likeness (QED) is 0.336. The minimum Gasteiger partial charge on any atom is -0.481 e. The van der Waals surface area contributed by atoms with Gasteiger partial charge >= 0.3 is 5.97 Å². The summed E-state index contributed by atoms with van der Waals surface area (Å²) >= 11 is 0. The van der Waals surface area contributed by atoms with E-state index in [9.17, 15) is 23.1 Å². The van der Waals surface area contributed by atoms with E-state index in [4.69, 9.17) is 4.74 Å². The van der Waals surface area contributed by atoms with Crippen LogP contribution in [0.15, 0.2) is 83.8 Å². The summed E-state index contributed by atoms with van der Waals surface area (Å²) in [4.78, 5) is 27.1. The molecule has 0 aromatic heterocycles. The Labute approximate surface area is 254 Å². The number of nitrogens with one attached hydrogen (secondary N) is 1. The fourth-order valence-corrected chi connectivity index (χ4v) is 7.33. The SMILES string of the molecule is CC(C)(Cc1ccc(-c2ccc(S(=O)(=O)NC3CCC(C(=O)N4CCOC[C@@H]4c4ccccc4)CC3)cc2)cc1)C(=O)O. The Hall–Kier alpha value is -3.53. The molecule has 1 amide bonds. The predicted octanol–water partition coefficient (Wildman–Crippen LogP) is 5.44. The summed E-state index contributed by atoms with van der Waals surface area (Å²) in [7, 11) is -3.71. The number of carbonyl (C=O) groups is 2. The molecule has 3 aromatic rings. The van der Waals surface area contributed by atoms with Gasteiger partial charge in [0.15, 0.2) is 0 Å². The van der Waals surface area contributed by atoms with Crippen LogP contribution < -0.4 is 4.72 Å². The van der Waals surface area contributed by atoms with Crippen LogP contribution >= 0.6 is 0 Å². The van der Waals surface area contributed by atoms with Gasteiger partial charge < -0.3 is 14.7 Å². The largest absolute Gasteiger partial charge is 0.481 e. The topological polar surface area (TPSA) is 113 Å². The molecule has 1 saturated carbocycles. The molecule has 1 saturated heterocycles. The molecule has 2 aliphatic rings. The Morgan fingerprint density at radius 3 is 2.12 bits per heavy atom. The van der Waals surface area contributed by atoms with Crippen LogP contribution in [0.2, 0.25) is 0 Å². The summed E-state index contributed by atoms with van der Waals surface area (Å²) in [5.74, 6) is -0.827. The highest BCUT2D eigenvalue weighted by Crippen LogP contribution is 2.32. The van der Waals surface area contributed by atoms with Crippen molar-refractivity contribution in [2.75, 3.05) is 19.8 Å². The molecule has 8 nitrogen and oxygen atoms in total. The average molecular weight is 605 g/mol. The van der Waals surface area contributed by atoms with Crippen molar-refractivity contribution in [3.8, 4) is 11.1 Å². The first-order valence-corrected chi connectivity index (χ1v) is 16.4. The Morgan fingerprint density at radius 2 is 1.51 bits per heavy atom. The lowest BCUT2D eigenvalue weighted by atomic mass is 9.85. The Bertz CT molecular complexity index is 1510. The van der Waals surface area contributed by atoms with Crippen molar-refractivity contribution in [2.45, 2.75) is 62.9 Å². The Balaban J connectivity index is 1.16. The van der Waals surface area contributed by atoms with Gasteiger partial charge in [0, 0.05) is 18.5 Å². The molecule has 0 bridgehead atoms. The first-order chi connectivity index (χ1) is 20.5. The third-order valence-corrected chi connectivity index (χ3v) is 10.2. The molecule has 5 rings (SSSR count). The molecule has 2 N–H and O–H groups in total. The number of carboxylic acid groups (broad SMARTS) is 1. The summed E-state index contributed by atoms with van der Waals surface area (Å²) in [5, 5.41) is 9.38. The standard InChI is InChI=1S/C34H40N2O6S/c1-34(2,33(38)39)22-24-8-10-25(11-9-24)26-14-18-30(19-15-26)43(40,41)35-29-16-12-28(13-17-29)32(37)36-20-21-42-23-31(36)27-6-4-3-5-7-27/h3-11,14-15,18-19,28-29,31,35H,12-13,16-17,20-23H2,1-2H3,(H,38,39)/t28?,29?,31-/m1/s1. The molecule has 0 spiro atoms. The number of rotatable bonds is 9. The fourth-order valence-electron chi connectivity index (χ4n) is 6.03. The third kappa shape index (κ3) is 7.34. The number of sulfonamides is 1. The maximum atomic E-state index is 13.5. The minimum absolute atomic E-state index is 0.0938. The van der Waals surface area contributed by atoms with Crippen molar-refractivity contribution >= 4 is 21.9 Å². The highest BCUT2D eigenvalue weighted by Gasteiger charge is 2.36. The Kier molecular flexibility index (Phi) is 9.34. The monoisotopic (exact) mass is 604 g/mol. The van der Waals surface area contributed by atoms with Gasteiger partial charge in [-0.3, -0.25) is 9.59 Å². The summed E-state index contributed by atoms with van der Waals surface area (Å²) < 4.78 is 34.9. The maximum absolute atomic E-state index is 13.5. The third-order valence-electron chi connectivity index (χ3n) is 8.67. The normalized spacial score (nSPS) is 21.3. The molecule has 2 fully saturated rings. The molecule has 1 aliphatic heterocycles. The van der Waals surface area contributed by atoms with Gasteiger partial charge in [-0.05, 0) is 80.3 Å². The fraction of sp³-hybridized carbons (Fsp3) is 0.412. The molecule has 228 valence electrons. The van der Waals surface area contributed by atoms with Crippen LogP contribution in [0.3, 0.4) is 0 Å². The van der Waals surface area contributed by atoms with Crippen LogP contribution in [0.25, 0.3) is 11.1 Å². The van der Waals surface area contributed by atoms with Crippen molar-refractivity contribution in [3.05, 3.63) is 90.0 Å². The second kappa shape index (κ2) is 13.0. The van der Waals surface area contributed by atoms with Crippen molar-refractivity contribution in [3.63, 3.8) is 0 Å². The number of aliphatic carboxylic acids is 1. The van der Waals surface area contributed by atoms with E-state index in [1.807, 2.05) is 59.5 Å². The zero-order valence-electron chi connectivity index (χ0n) is 24.7. The van der Waals surface area contributed by atoms with Crippen molar-refractivity contribution in [2.24, 2.45) is 11.3 Å². The van der Waals surface area contributed by atoms with E-state index < -0.39 is 21.4 Å². The van der Waals surface area contributed by atoms with Gasteiger partial charge in [0.2, 0.25) is 15.9 Å². The summed E-state index contributed by atoms with van der Waals surface area (Å²) in [6.45, 7) is 4.98. The van der Waals surface area contributed by atoms with Gasteiger partial charge in [-0.25, -0.2) is 13.1 Å². The minimum atomic E-state index is -3.71. The molecular formula is C34H40N2O6S. The Morgan fingerprint density at radius 1 is 0.907 bits per heavy atom.